The molecule has 0 saturated carbocycles. The molecule has 0 aromatic heterocycles. The first-order valence-corrected chi connectivity index (χ1v) is 13.2. The molecule has 194 valence electrons. The summed E-state index contributed by atoms with van der Waals surface area (Å²) in [6.07, 6.45) is 0.592. The van der Waals surface area contributed by atoms with Crippen molar-refractivity contribution >= 4 is 51.7 Å². The van der Waals surface area contributed by atoms with Gasteiger partial charge in [0.25, 0.3) is 5.91 Å². The third kappa shape index (κ3) is 5.54. The van der Waals surface area contributed by atoms with Crippen molar-refractivity contribution in [2.24, 2.45) is 10.1 Å². The summed E-state index contributed by atoms with van der Waals surface area (Å²) in [4.78, 5) is 30.1. The second-order valence-electron chi connectivity index (χ2n) is 8.69. The molecule has 0 bridgehead atoms. The third-order valence-electron chi connectivity index (χ3n) is 6.25. The summed E-state index contributed by atoms with van der Waals surface area (Å²) in [7, 11) is 3.06. The van der Waals surface area contributed by atoms with Gasteiger partial charge in [0.15, 0.2) is 5.17 Å². The van der Waals surface area contributed by atoms with Crippen molar-refractivity contribution in [1.29, 1.82) is 0 Å². The van der Waals surface area contributed by atoms with E-state index in [0.29, 0.717) is 33.8 Å². The fourth-order valence-electron chi connectivity index (χ4n) is 4.32. The Morgan fingerprint density at radius 3 is 2.55 bits per heavy atom. The van der Waals surface area contributed by atoms with E-state index >= 15 is 0 Å². The van der Waals surface area contributed by atoms with Gasteiger partial charge in [-0.3, -0.25) is 9.59 Å². The Labute approximate surface area is 229 Å². The van der Waals surface area contributed by atoms with Gasteiger partial charge in [-0.1, -0.05) is 65.8 Å². The van der Waals surface area contributed by atoms with E-state index in [9.17, 15) is 9.59 Å². The molecule has 0 spiro atoms. The number of ether oxygens (including phenoxy) is 2. The first kappa shape index (κ1) is 25.8. The number of carbonyl (C=O) groups is 2. The minimum Gasteiger partial charge on any atom is -0.497 e. The molecule has 2 amide bonds. The lowest BCUT2D eigenvalue weighted by atomic mass is 9.99. The van der Waals surface area contributed by atoms with Gasteiger partial charge in [0.05, 0.1) is 31.7 Å². The number of hydrazone groups is 1. The quantitative estimate of drug-likeness (QED) is 0.417. The fourth-order valence-corrected chi connectivity index (χ4v) is 5.51. The van der Waals surface area contributed by atoms with Crippen LogP contribution in [0.25, 0.3) is 0 Å². The molecule has 2 heterocycles. The number of aliphatic imine (C=N–C) groups is 1. The summed E-state index contributed by atoms with van der Waals surface area (Å²) in [5, 5.41) is 9.95. The van der Waals surface area contributed by atoms with E-state index in [1.54, 1.807) is 30.3 Å². The molecule has 3 aromatic rings. The van der Waals surface area contributed by atoms with E-state index in [-0.39, 0.29) is 24.3 Å². The van der Waals surface area contributed by atoms with Gasteiger partial charge in [-0.25, -0.2) is 5.01 Å². The van der Waals surface area contributed by atoms with Gasteiger partial charge in [0, 0.05) is 23.9 Å². The van der Waals surface area contributed by atoms with Crippen molar-refractivity contribution in [2.45, 2.75) is 24.1 Å². The third-order valence-corrected chi connectivity index (χ3v) is 7.64. The second kappa shape index (κ2) is 11.3. The predicted molar refractivity (Wildman–Crippen MR) is 150 cm³/mol. The highest BCUT2D eigenvalue weighted by Gasteiger charge is 2.39. The summed E-state index contributed by atoms with van der Waals surface area (Å²) in [5.41, 5.74) is 3.35. The van der Waals surface area contributed by atoms with E-state index in [4.69, 9.17) is 26.2 Å². The van der Waals surface area contributed by atoms with E-state index < -0.39 is 5.25 Å². The summed E-state index contributed by atoms with van der Waals surface area (Å²) < 4.78 is 10.6. The summed E-state index contributed by atoms with van der Waals surface area (Å²) in [6, 6.07) is 22.5. The maximum atomic E-state index is 12.9. The number of hydrogen-bond acceptors (Lipinski definition) is 7. The maximum absolute atomic E-state index is 12.9. The van der Waals surface area contributed by atoms with Crippen molar-refractivity contribution in [2.75, 3.05) is 19.5 Å². The normalized spacial score (nSPS) is 18.7. The smallest absolute Gasteiger partial charge is 0.262 e. The number of amides is 2. The highest BCUT2D eigenvalue weighted by molar-refractivity contribution is 8.15. The van der Waals surface area contributed by atoms with Crippen LogP contribution in [0.5, 0.6) is 11.5 Å². The van der Waals surface area contributed by atoms with Crippen LogP contribution in [0.3, 0.4) is 0 Å². The molecule has 0 radical (unpaired) electrons. The molecule has 2 aliphatic rings. The number of nitrogens with one attached hydrogen (secondary N) is 1. The molecule has 8 nitrogen and oxygen atoms in total. The molecule has 0 aliphatic carbocycles. The number of benzene rings is 3. The second-order valence-corrected chi connectivity index (χ2v) is 10.3. The number of thioether (sulfide) groups is 1. The van der Waals surface area contributed by atoms with Gasteiger partial charge >= 0.3 is 0 Å². The number of halogens is 1. The SMILES string of the molecule is COc1ccc(OC)c(NC(=O)C[C@@H]2SC(N3N=C(c4ccc(Cl)cc4)C[C@H]3c3ccccc3)=NC2=O)c1. The highest BCUT2D eigenvalue weighted by atomic mass is 35.5. The van der Waals surface area contributed by atoms with Gasteiger partial charge < -0.3 is 14.8 Å². The van der Waals surface area contributed by atoms with Crippen LogP contribution in [0, 0.1) is 0 Å². The Hall–Kier alpha value is -3.82. The monoisotopic (exact) mass is 548 g/mol. The average molecular weight is 549 g/mol. The number of amidine groups is 1. The molecular formula is C28H25ClN4O4S. The first-order valence-electron chi connectivity index (χ1n) is 11.9. The van der Waals surface area contributed by atoms with Crippen LogP contribution >= 0.6 is 23.4 Å². The van der Waals surface area contributed by atoms with Crippen molar-refractivity contribution in [1.82, 2.24) is 5.01 Å². The minimum atomic E-state index is -0.659. The van der Waals surface area contributed by atoms with Crippen molar-refractivity contribution in [3.63, 3.8) is 0 Å². The van der Waals surface area contributed by atoms with Crippen LogP contribution < -0.4 is 14.8 Å². The van der Waals surface area contributed by atoms with Gasteiger partial charge in [-0.2, -0.15) is 10.1 Å². The largest absolute Gasteiger partial charge is 0.497 e. The molecule has 0 fully saturated rings. The summed E-state index contributed by atoms with van der Waals surface area (Å²) in [5.74, 6) is 0.381. The topological polar surface area (TPSA) is 92.6 Å². The molecule has 10 heteroatoms. The van der Waals surface area contributed by atoms with Crippen LogP contribution in [0.4, 0.5) is 5.69 Å². The number of nitrogens with zero attached hydrogens (tertiary/aromatic N) is 3. The maximum Gasteiger partial charge on any atom is 0.262 e. The molecule has 3 aromatic carbocycles. The molecule has 2 aliphatic heterocycles. The number of rotatable bonds is 7. The van der Waals surface area contributed by atoms with Crippen molar-refractivity contribution < 1.29 is 19.1 Å². The van der Waals surface area contributed by atoms with Crippen molar-refractivity contribution in [3.8, 4) is 11.5 Å². The van der Waals surface area contributed by atoms with Crippen molar-refractivity contribution in [3.05, 3.63) is 88.9 Å². The fraction of sp³-hybridized carbons (Fsp3) is 0.214. The lowest BCUT2D eigenvalue weighted by molar-refractivity contribution is -0.121. The first-order chi connectivity index (χ1) is 18.4. The van der Waals surface area contributed by atoms with Gasteiger partial charge in [-0.05, 0) is 35.4 Å². The van der Waals surface area contributed by atoms with E-state index in [1.807, 2.05) is 54.6 Å². The van der Waals surface area contributed by atoms with Gasteiger partial charge in [0.1, 0.15) is 16.7 Å². The highest BCUT2D eigenvalue weighted by Crippen LogP contribution is 2.39. The van der Waals surface area contributed by atoms with E-state index in [0.717, 1.165) is 16.8 Å². The van der Waals surface area contributed by atoms with Gasteiger partial charge in [-0.15, -0.1) is 0 Å². The number of carbonyl (C=O) groups excluding carboxylic acids is 2. The molecule has 0 saturated heterocycles. The van der Waals surface area contributed by atoms with Crippen LogP contribution in [0.15, 0.2) is 82.9 Å². The Kier molecular flexibility index (Phi) is 7.67. The minimum absolute atomic E-state index is 0.0472. The zero-order valence-corrected chi connectivity index (χ0v) is 22.3. The van der Waals surface area contributed by atoms with Crippen LogP contribution in [-0.2, 0) is 9.59 Å². The Bertz CT molecular complexity index is 1410. The Balaban J connectivity index is 1.33. The summed E-state index contributed by atoms with van der Waals surface area (Å²) >= 11 is 7.33. The van der Waals surface area contributed by atoms with Crippen LogP contribution in [0.1, 0.15) is 30.0 Å². The standard InChI is InChI=1S/C28H25ClN4O4S/c1-36-20-12-13-24(37-2)22(14-20)30-26(34)16-25-27(35)31-28(38-25)33-23(18-6-4-3-5-7-18)15-21(32-33)17-8-10-19(29)11-9-17/h3-14,23,25H,15-16H2,1-2H3,(H,30,34)/t23-,25-/m0/s1. The number of anilines is 1. The molecule has 2 atom stereocenters. The van der Waals surface area contributed by atoms with Crippen LogP contribution in [0.2, 0.25) is 5.02 Å². The lowest BCUT2D eigenvalue weighted by Gasteiger charge is -2.23. The zero-order valence-electron chi connectivity index (χ0n) is 20.8. The van der Waals surface area contributed by atoms with Gasteiger partial charge in [0.2, 0.25) is 5.91 Å². The Morgan fingerprint density at radius 1 is 1.08 bits per heavy atom. The zero-order chi connectivity index (χ0) is 26.6. The molecule has 1 N–H and O–H groups in total. The predicted octanol–water partition coefficient (Wildman–Crippen LogP) is 5.54. The molecule has 38 heavy (non-hydrogen) atoms. The Morgan fingerprint density at radius 2 is 1.84 bits per heavy atom. The molecular weight excluding hydrogens is 524 g/mol. The molecule has 5 rings (SSSR count). The van der Waals surface area contributed by atoms with Crippen LogP contribution in [-0.4, -0.2) is 47.2 Å². The molecule has 0 unspecified atom stereocenters. The lowest BCUT2D eigenvalue weighted by Crippen LogP contribution is -2.25. The van der Waals surface area contributed by atoms with E-state index in [1.165, 1.54) is 18.9 Å². The van der Waals surface area contributed by atoms with E-state index in [2.05, 4.69) is 10.3 Å². The average Bonchev–Trinajstić information content (AvgIpc) is 3.53. The number of hydrogen-bond donors (Lipinski definition) is 1. The number of methoxy groups -OCH3 is 2. The summed E-state index contributed by atoms with van der Waals surface area (Å²) in [6.45, 7) is 0.